The van der Waals surface area contributed by atoms with Crippen molar-refractivity contribution in [1.82, 2.24) is 0 Å². The van der Waals surface area contributed by atoms with Gasteiger partial charge in [-0.05, 0) is 162 Å². The Morgan fingerprint density at radius 3 is 1.62 bits per heavy atom. The van der Waals surface area contributed by atoms with Crippen molar-refractivity contribution < 1.29 is 0 Å². The average molecular weight is 650 g/mol. The van der Waals surface area contributed by atoms with Crippen LogP contribution in [0.25, 0.3) is 54.9 Å². The molecule has 0 saturated carbocycles. The lowest BCUT2D eigenvalue weighted by molar-refractivity contribution is 0.590. The van der Waals surface area contributed by atoms with E-state index in [9.17, 15) is 0 Å². The second kappa shape index (κ2) is 12.0. The van der Waals surface area contributed by atoms with E-state index >= 15 is 0 Å². The fraction of sp³-hybridized carbons (Fsp3) is 0.224. The van der Waals surface area contributed by atoms with Crippen LogP contribution in [0.3, 0.4) is 0 Å². The van der Waals surface area contributed by atoms with Crippen molar-refractivity contribution in [1.29, 1.82) is 0 Å². The topological polar surface area (TPSA) is 3.24 Å². The van der Waals surface area contributed by atoms with Crippen molar-refractivity contribution in [2.24, 2.45) is 0 Å². The Labute approximate surface area is 298 Å². The molecule has 50 heavy (non-hydrogen) atoms. The van der Waals surface area contributed by atoms with Crippen LogP contribution in [0, 0.1) is 6.92 Å². The van der Waals surface area contributed by atoms with Gasteiger partial charge in [-0.2, -0.15) is 0 Å². The highest BCUT2D eigenvalue weighted by molar-refractivity contribution is 6.12. The minimum atomic E-state index is 0.153. The zero-order chi connectivity index (χ0) is 34.9. The first kappa shape index (κ1) is 32.1. The minimum Gasteiger partial charge on any atom is -0.310 e. The zero-order valence-electron chi connectivity index (χ0n) is 30.7. The van der Waals surface area contributed by atoms with Crippen molar-refractivity contribution in [2.45, 2.75) is 72.6 Å². The van der Waals surface area contributed by atoms with Crippen LogP contribution < -0.4 is 4.90 Å². The van der Waals surface area contributed by atoms with Crippen LogP contribution >= 0.6 is 0 Å². The predicted octanol–water partition coefficient (Wildman–Crippen LogP) is 14.6. The van der Waals surface area contributed by atoms with Crippen molar-refractivity contribution >= 4 is 38.6 Å². The molecule has 1 aliphatic carbocycles. The molecular weight excluding hydrogens is 603 g/mol. The van der Waals surface area contributed by atoms with Crippen LogP contribution in [-0.4, -0.2) is 0 Å². The highest BCUT2D eigenvalue weighted by atomic mass is 15.1. The van der Waals surface area contributed by atoms with E-state index in [1.807, 2.05) is 0 Å². The quantitative estimate of drug-likeness (QED) is 0.173. The Hall–Kier alpha value is -5.14. The third kappa shape index (κ3) is 5.59. The fourth-order valence-electron chi connectivity index (χ4n) is 7.57. The van der Waals surface area contributed by atoms with Gasteiger partial charge >= 0.3 is 0 Å². The van der Waals surface area contributed by atoms with Gasteiger partial charge in [0.1, 0.15) is 0 Å². The van der Waals surface area contributed by atoms with Crippen LogP contribution in [0.4, 0.5) is 17.1 Å². The monoisotopic (exact) mass is 649 g/mol. The van der Waals surface area contributed by atoms with E-state index in [0.717, 1.165) is 0 Å². The number of benzene rings is 7. The molecule has 0 fully saturated rings. The first-order valence-electron chi connectivity index (χ1n) is 18.2. The largest absolute Gasteiger partial charge is 0.310 e. The summed E-state index contributed by atoms with van der Waals surface area (Å²) >= 11 is 0. The molecule has 8 rings (SSSR count). The third-order valence-corrected chi connectivity index (χ3v) is 10.8. The number of rotatable bonds is 6. The number of nitrogens with zero attached hydrogens (tertiary/aromatic N) is 1. The second-order valence-corrected chi connectivity index (χ2v) is 16.0. The molecule has 0 amide bonds. The number of aryl methyl sites for hydroxylation is 1. The molecule has 0 radical (unpaired) electrons. The molecule has 0 aliphatic heterocycles. The summed E-state index contributed by atoms with van der Waals surface area (Å²) in [6.07, 6.45) is 0. The van der Waals surface area contributed by atoms with E-state index in [1.165, 1.54) is 94.2 Å². The molecule has 0 bridgehead atoms. The van der Waals surface area contributed by atoms with Gasteiger partial charge in [-0.15, -0.1) is 0 Å². The summed E-state index contributed by atoms with van der Waals surface area (Å²) in [5.74, 6) is 0.911. The fourth-order valence-corrected chi connectivity index (χ4v) is 7.57. The number of hydrogen-bond donors (Lipinski definition) is 0. The lowest BCUT2D eigenvalue weighted by Gasteiger charge is -2.30. The molecule has 7 aromatic rings. The molecule has 0 N–H and O–H groups in total. The Balaban J connectivity index is 1.19. The Bertz CT molecular complexity index is 2420. The molecule has 0 saturated heterocycles. The van der Waals surface area contributed by atoms with Gasteiger partial charge in [-0.1, -0.05) is 115 Å². The van der Waals surface area contributed by atoms with Crippen molar-refractivity contribution in [3.63, 3.8) is 0 Å². The standard InChI is InChI=1S/C49H47N/c1-30(2)34-10-9-11-42(23-34)50(48-29-35(31(3)4)13-12-32(48)5)43-21-18-38-26-45-46-27-39-22-36(33-16-19-41(20-17-33)49(6,7)8)14-15-37(39)25-44(46)47(45)28-40(38)24-43/h9-31H,1-8H3. The summed E-state index contributed by atoms with van der Waals surface area (Å²) in [5, 5.41) is 5.12. The van der Waals surface area contributed by atoms with Crippen molar-refractivity contribution in [3.05, 3.63) is 150 Å². The van der Waals surface area contributed by atoms with E-state index in [0.29, 0.717) is 11.8 Å². The molecule has 0 spiro atoms. The third-order valence-electron chi connectivity index (χ3n) is 10.8. The molecule has 7 aromatic carbocycles. The lowest BCUT2D eigenvalue weighted by Crippen LogP contribution is -2.12. The van der Waals surface area contributed by atoms with Crippen LogP contribution in [0.1, 0.15) is 82.6 Å². The van der Waals surface area contributed by atoms with Gasteiger partial charge < -0.3 is 4.90 Å². The van der Waals surface area contributed by atoms with Crippen LogP contribution in [0.5, 0.6) is 0 Å². The van der Waals surface area contributed by atoms with Crippen LogP contribution in [-0.2, 0) is 5.41 Å². The van der Waals surface area contributed by atoms with Crippen LogP contribution in [0.15, 0.2) is 127 Å². The maximum atomic E-state index is 2.46. The van der Waals surface area contributed by atoms with Crippen molar-refractivity contribution in [3.8, 4) is 33.4 Å². The molecule has 0 unspecified atom stereocenters. The van der Waals surface area contributed by atoms with E-state index in [1.54, 1.807) is 0 Å². The number of anilines is 3. The summed E-state index contributed by atoms with van der Waals surface area (Å²) in [4.78, 5) is 2.46. The lowest BCUT2D eigenvalue weighted by atomic mass is 9.77. The van der Waals surface area contributed by atoms with Gasteiger partial charge in [0.15, 0.2) is 0 Å². The molecule has 0 aromatic heterocycles. The molecule has 1 nitrogen and oxygen atoms in total. The van der Waals surface area contributed by atoms with Gasteiger partial charge in [-0.25, -0.2) is 0 Å². The van der Waals surface area contributed by atoms with Crippen LogP contribution in [0.2, 0.25) is 0 Å². The average Bonchev–Trinajstić information content (AvgIpc) is 3.10. The maximum Gasteiger partial charge on any atom is 0.0493 e. The summed E-state index contributed by atoms with van der Waals surface area (Å²) < 4.78 is 0. The maximum absolute atomic E-state index is 2.46. The molecule has 0 heterocycles. The highest BCUT2D eigenvalue weighted by Gasteiger charge is 2.25. The zero-order valence-corrected chi connectivity index (χ0v) is 30.7. The van der Waals surface area contributed by atoms with E-state index in [4.69, 9.17) is 0 Å². The van der Waals surface area contributed by atoms with E-state index < -0.39 is 0 Å². The molecule has 248 valence electrons. The number of hydrogen-bond acceptors (Lipinski definition) is 1. The smallest absolute Gasteiger partial charge is 0.0493 e. The Kier molecular flexibility index (Phi) is 7.72. The number of fused-ring (bicyclic) bond motifs is 6. The van der Waals surface area contributed by atoms with Gasteiger partial charge in [0.2, 0.25) is 0 Å². The second-order valence-electron chi connectivity index (χ2n) is 16.0. The summed E-state index contributed by atoms with van der Waals surface area (Å²) in [6.45, 7) is 18.1. The molecule has 0 atom stereocenters. The van der Waals surface area contributed by atoms with E-state index in [2.05, 4.69) is 188 Å². The van der Waals surface area contributed by atoms with Gasteiger partial charge in [0.05, 0.1) is 0 Å². The predicted molar refractivity (Wildman–Crippen MR) is 218 cm³/mol. The minimum absolute atomic E-state index is 0.153. The Morgan fingerprint density at radius 2 is 1.00 bits per heavy atom. The van der Waals surface area contributed by atoms with E-state index in [-0.39, 0.29) is 5.41 Å². The normalized spacial score (nSPS) is 12.4. The molecular formula is C49H47N. The van der Waals surface area contributed by atoms with Crippen molar-refractivity contribution in [2.75, 3.05) is 4.90 Å². The molecule has 1 heteroatoms. The first-order valence-corrected chi connectivity index (χ1v) is 18.2. The Morgan fingerprint density at radius 1 is 0.460 bits per heavy atom. The highest BCUT2D eigenvalue weighted by Crippen LogP contribution is 2.51. The van der Waals surface area contributed by atoms with Gasteiger partial charge in [0.25, 0.3) is 0 Å². The first-order chi connectivity index (χ1) is 23.9. The summed E-state index contributed by atoms with van der Waals surface area (Å²) in [5.41, 5.74) is 17.0. The summed E-state index contributed by atoms with van der Waals surface area (Å²) in [7, 11) is 0. The van der Waals surface area contributed by atoms with Gasteiger partial charge in [-0.3, -0.25) is 0 Å². The summed E-state index contributed by atoms with van der Waals surface area (Å²) in [6, 6.07) is 48.6. The molecule has 1 aliphatic rings. The van der Waals surface area contributed by atoms with Gasteiger partial charge in [0, 0.05) is 17.1 Å². The SMILES string of the molecule is Cc1ccc(C(C)C)cc1N(c1cccc(C(C)C)c1)c1ccc2cc3c(cc2c1)-c1cc2ccc(-c4ccc(C(C)(C)C)cc4)cc2cc1-3.